The van der Waals surface area contributed by atoms with Crippen molar-refractivity contribution in [2.75, 3.05) is 32.6 Å². The molecule has 5 saturated heterocycles. The number of carbonyl (C=O) groups is 3. The van der Waals surface area contributed by atoms with E-state index in [1.54, 1.807) is 24.3 Å². The average Bonchev–Trinajstić information content (AvgIpc) is 2.91. The third-order valence-corrected chi connectivity index (χ3v) is 10.1. The Bertz CT molecular complexity index is 1360. The molecule has 200 valence electrons. The van der Waals surface area contributed by atoms with Gasteiger partial charge in [-0.15, -0.1) is 0 Å². The molecule has 3 bridgehead atoms. The monoisotopic (exact) mass is 516 g/mol. The molecule has 2 aromatic rings. The number of methoxy groups -OCH3 is 1. The predicted molar refractivity (Wildman–Crippen MR) is 144 cm³/mol. The minimum atomic E-state index is -0.643. The third kappa shape index (κ3) is 3.22. The van der Waals surface area contributed by atoms with E-state index in [2.05, 4.69) is 34.3 Å². The highest BCUT2D eigenvalue weighted by molar-refractivity contribution is 6.08. The summed E-state index contributed by atoms with van der Waals surface area (Å²) < 4.78 is 5.17. The molecule has 5 heterocycles. The van der Waals surface area contributed by atoms with Crippen LogP contribution in [0.1, 0.15) is 54.6 Å². The highest BCUT2D eigenvalue weighted by Gasteiger charge is 2.80. The second kappa shape index (κ2) is 8.30. The fraction of sp³-hybridized carbons (Fsp3) is 0.500. The van der Waals surface area contributed by atoms with E-state index in [4.69, 9.17) is 4.74 Å². The number of nitrogens with one attached hydrogen (secondary N) is 2. The molecule has 0 aromatic heterocycles. The summed E-state index contributed by atoms with van der Waals surface area (Å²) in [6.45, 7) is 8.61. The molecule has 6 unspecified atom stereocenters. The lowest BCUT2D eigenvalue weighted by molar-refractivity contribution is -0.324. The molecule has 1 saturated carbocycles. The lowest BCUT2D eigenvalue weighted by Gasteiger charge is -2.83. The van der Waals surface area contributed by atoms with E-state index >= 15 is 0 Å². The van der Waals surface area contributed by atoms with Crippen LogP contribution in [0.4, 0.5) is 10.5 Å². The number of piperidine rings is 5. The minimum Gasteiger partial charge on any atom is -0.497 e. The zero-order valence-electron chi connectivity index (χ0n) is 22.8. The van der Waals surface area contributed by atoms with Crippen LogP contribution in [0.15, 0.2) is 42.5 Å². The summed E-state index contributed by atoms with van der Waals surface area (Å²) in [6.07, 6.45) is 2.71. The molecule has 6 fully saturated rings. The first kappa shape index (κ1) is 24.9. The summed E-state index contributed by atoms with van der Waals surface area (Å²) >= 11 is 0. The number of ether oxygens (including phenoxy) is 1. The van der Waals surface area contributed by atoms with Crippen LogP contribution in [0.2, 0.25) is 0 Å². The summed E-state index contributed by atoms with van der Waals surface area (Å²) in [6, 6.07) is 12.6. The van der Waals surface area contributed by atoms with Crippen LogP contribution in [-0.2, 0) is 10.2 Å². The average molecular weight is 517 g/mol. The van der Waals surface area contributed by atoms with Gasteiger partial charge < -0.3 is 15.0 Å². The Hall–Kier alpha value is -3.39. The number of hydrogen-bond acceptors (Lipinski definition) is 5. The number of hydrogen-bond donors (Lipinski definition) is 2. The van der Waals surface area contributed by atoms with Gasteiger partial charge in [-0.3, -0.25) is 19.8 Å². The molecule has 38 heavy (non-hydrogen) atoms. The van der Waals surface area contributed by atoms with Crippen LogP contribution in [0.3, 0.4) is 0 Å². The minimum absolute atomic E-state index is 0.125. The number of anilines is 1. The van der Waals surface area contributed by atoms with E-state index in [0.29, 0.717) is 35.5 Å². The second-order valence-electron chi connectivity index (χ2n) is 12.0. The fourth-order valence-electron chi connectivity index (χ4n) is 8.62. The number of likely N-dealkylation sites (tertiary alicyclic amines) is 1. The number of amides is 4. The molecular formula is C30H36N4O4. The number of nitrogens with zero attached hydrogens (tertiary/aromatic N) is 2. The van der Waals surface area contributed by atoms with E-state index in [1.807, 2.05) is 32.2 Å². The van der Waals surface area contributed by atoms with Gasteiger partial charge in [0.2, 0.25) is 5.91 Å². The van der Waals surface area contributed by atoms with Crippen LogP contribution < -0.4 is 15.4 Å². The number of imide groups is 1. The Labute approximate surface area is 223 Å². The van der Waals surface area contributed by atoms with Crippen LogP contribution in [-0.4, -0.2) is 67.0 Å². The quantitative estimate of drug-likeness (QED) is 0.628. The topological polar surface area (TPSA) is 91.0 Å². The van der Waals surface area contributed by atoms with Crippen molar-refractivity contribution in [1.29, 1.82) is 0 Å². The molecule has 1 aliphatic carbocycles. The van der Waals surface area contributed by atoms with Crippen molar-refractivity contribution in [3.05, 3.63) is 59.2 Å². The number of urea groups is 1. The molecule has 0 radical (unpaired) electrons. The van der Waals surface area contributed by atoms with E-state index in [1.165, 1.54) is 13.5 Å². The Kier molecular flexibility index (Phi) is 5.44. The van der Waals surface area contributed by atoms with E-state index in [9.17, 15) is 14.4 Å². The van der Waals surface area contributed by atoms with Crippen molar-refractivity contribution in [1.82, 2.24) is 15.1 Å². The number of rotatable bonds is 5. The summed E-state index contributed by atoms with van der Waals surface area (Å²) in [7, 11) is 3.52. The maximum atomic E-state index is 14.2. The molecule has 8 nitrogen and oxygen atoms in total. The first-order valence-corrected chi connectivity index (χ1v) is 13.5. The molecule has 8 rings (SSSR count). The SMILES string of the molecule is CCC1(c2cc(NC(=O)NC(=O)c3cccc(OC)c3)ccc2C)CC23CN4CC(C2)(C4C)C3N(C)C1=O. The van der Waals surface area contributed by atoms with E-state index < -0.39 is 17.4 Å². The van der Waals surface area contributed by atoms with Crippen molar-refractivity contribution in [2.24, 2.45) is 10.8 Å². The van der Waals surface area contributed by atoms with Crippen molar-refractivity contribution >= 4 is 23.5 Å². The fourth-order valence-corrected chi connectivity index (χ4v) is 8.62. The van der Waals surface area contributed by atoms with Gasteiger partial charge in [0, 0.05) is 54.3 Å². The standard InChI is InChI=1S/C30H36N4O4/c1-6-29(14-28-15-30(17-34(16-28)19(30)3)25(28)33(4)26(29)36)23-13-21(11-10-18(23)2)31-27(37)32-24(35)20-8-7-9-22(12-20)38-5/h7-13,19,25H,6,14-17H2,1-5H3,(H2,31,32,35,37). The van der Waals surface area contributed by atoms with Crippen LogP contribution in [0.25, 0.3) is 0 Å². The number of likely N-dealkylation sites (N-methyl/N-ethyl adjacent to an activating group) is 1. The molecule has 5 aliphatic heterocycles. The lowest BCUT2D eigenvalue weighted by Crippen LogP contribution is -2.91. The Morgan fingerprint density at radius 1 is 1.13 bits per heavy atom. The molecular weight excluding hydrogens is 480 g/mol. The van der Waals surface area contributed by atoms with Gasteiger partial charge in [-0.25, -0.2) is 4.79 Å². The van der Waals surface area contributed by atoms with Gasteiger partial charge in [0.15, 0.2) is 0 Å². The molecule has 6 atom stereocenters. The predicted octanol–water partition coefficient (Wildman–Crippen LogP) is 3.94. The summed E-state index contributed by atoms with van der Waals surface area (Å²) in [5.74, 6) is 0.200. The highest BCUT2D eigenvalue weighted by Crippen LogP contribution is 2.74. The molecule has 8 heteroatoms. The number of benzene rings is 2. The highest BCUT2D eigenvalue weighted by atomic mass is 16.5. The molecule has 2 N–H and O–H groups in total. The first-order chi connectivity index (χ1) is 18.1. The van der Waals surface area contributed by atoms with Gasteiger partial charge in [0.25, 0.3) is 5.91 Å². The van der Waals surface area contributed by atoms with E-state index in [0.717, 1.165) is 30.6 Å². The van der Waals surface area contributed by atoms with Gasteiger partial charge >= 0.3 is 6.03 Å². The van der Waals surface area contributed by atoms with Crippen molar-refractivity contribution in [3.63, 3.8) is 0 Å². The molecule has 2 spiro atoms. The Morgan fingerprint density at radius 2 is 1.92 bits per heavy atom. The summed E-state index contributed by atoms with van der Waals surface area (Å²) in [4.78, 5) is 44.2. The zero-order chi connectivity index (χ0) is 27.0. The van der Waals surface area contributed by atoms with Gasteiger partial charge in [-0.05, 0) is 74.6 Å². The van der Waals surface area contributed by atoms with Crippen LogP contribution >= 0.6 is 0 Å². The normalized spacial score (nSPS) is 34.4. The van der Waals surface area contributed by atoms with Crippen LogP contribution in [0.5, 0.6) is 5.75 Å². The zero-order valence-corrected chi connectivity index (χ0v) is 22.8. The van der Waals surface area contributed by atoms with Gasteiger partial charge in [0.05, 0.1) is 12.5 Å². The smallest absolute Gasteiger partial charge is 0.326 e. The summed E-state index contributed by atoms with van der Waals surface area (Å²) in [5.41, 5.74) is 2.62. The number of aryl methyl sites for hydroxylation is 1. The van der Waals surface area contributed by atoms with Gasteiger partial charge in [-0.1, -0.05) is 19.1 Å². The Morgan fingerprint density at radius 3 is 2.61 bits per heavy atom. The van der Waals surface area contributed by atoms with Crippen molar-refractivity contribution in [2.45, 2.75) is 57.5 Å². The Balaban J connectivity index is 1.25. The van der Waals surface area contributed by atoms with Crippen molar-refractivity contribution in [3.8, 4) is 5.75 Å². The maximum Gasteiger partial charge on any atom is 0.326 e. The number of carbonyl (C=O) groups excluding carboxylic acids is 3. The van der Waals surface area contributed by atoms with Gasteiger partial charge in [-0.2, -0.15) is 0 Å². The third-order valence-electron chi connectivity index (χ3n) is 10.1. The lowest BCUT2D eigenvalue weighted by atomic mass is 9.34. The van der Waals surface area contributed by atoms with Gasteiger partial charge in [0.1, 0.15) is 5.75 Å². The molecule has 4 amide bonds. The van der Waals surface area contributed by atoms with Crippen LogP contribution in [0, 0.1) is 17.8 Å². The second-order valence-corrected chi connectivity index (χ2v) is 12.0. The first-order valence-electron chi connectivity index (χ1n) is 13.5. The van der Waals surface area contributed by atoms with E-state index in [-0.39, 0.29) is 16.7 Å². The van der Waals surface area contributed by atoms with Crippen molar-refractivity contribution < 1.29 is 19.1 Å². The maximum absolute atomic E-state index is 14.2. The summed E-state index contributed by atoms with van der Waals surface area (Å²) in [5, 5.41) is 5.19. The largest absolute Gasteiger partial charge is 0.497 e. The molecule has 2 aromatic carbocycles. The molecule has 6 aliphatic rings.